The van der Waals surface area contributed by atoms with E-state index in [1.807, 2.05) is 24.3 Å². The molecule has 9 nitrogen and oxygen atoms in total. The number of fused-ring (bicyclic) bond motifs is 2. The number of furan rings is 1. The molecular formula is C30H19ClN4O5. The number of ether oxygens (including phenoxy) is 1. The average Bonchev–Trinajstić information content (AvgIpc) is 3.40. The number of nitro benzene ring substituents is 1. The Kier molecular flexibility index (Phi) is 6.55. The lowest BCUT2D eigenvalue weighted by atomic mass is 10.2. The second-order valence-corrected chi connectivity index (χ2v) is 9.20. The Morgan fingerprint density at radius 3 is 2.60 bits per heavy atom. The van der Waals surface area contributed by atoms with Crippen molar-refractivity contribution in [2.75, 3.05) is 0 Å². The smallest absolute Gasteiger partial charge is 0.311 e. The molecular weight excluding hydrogens is 532 g/mol. The third-order valence-electron chi connectivity index (χ3n) is 6.26. The van der Waals surface area contributed by atoms with Crippen LogP contribution in [0.3, 0.4) is 0 Å². The molecule has 0 saturated heterocycles. The number of hydrogen-bond donors (Lipinski definition) is 0. The van der Waals surface area contributed by atoms with Gasteiger partial charge in [-0.1, -0.05) is 66.2 Å². The summed E-state index contributed by atoms with van der Waals surface area (Å²) in [5.74, 6) is 0.513. The van der Waals surface area contributed by atoms with Crippen LogP contribution in [0.4, 0.5) is 5.69 Å². The molecule has 0 N–H and O–H groups in total. The molecule has 0 aliphatic rings. The molecule has 0 spiro atoms. The second-order valence-electron chi connectivity index (χ2n) is 8.80. The van der Waals surface area contributed by atoms with Gasteiger partial charge in [-0.3, -0.25) is 14.9 Å². The summed E-state index contributed by atoms with van der Waals surface area (Å²) < 4.78 is 13.0. The van der Waals surface area contributed by atoms with Crippen molar-refractivity contribution in [2.45, 2.75) is 6.61 Å². The van der Waals surface area contributed by atoms with Crippen LogP contribution in [-0.4, -0.2) is 20.8 Å². The number of nitrogens with zero attached hydrogens (tertiary/aromatic N) is 4. The van der Waals surface area contributed by atoms with Gasteiger partial charge in [-0.2, -0.15) is 9.78 Å². The van der Waals surface area contributed by atoms with E-state index in [0.717, 1.165) is 10.1 Å². The number of benzene rings is 4. The molecule has 196 valence electrons. The van der Waals surface area contributed by atoms with Crippen molar-refractivity contribution in [3.05, 3.63) is 134 Å². The Balaban J connectivity index is 1.48. The SMILES string of the molecule is O=c1c2ccccc2nc(-c2cc3ccccc3o2)n1N=Cc1cccc([N+](=O)[O-])c1OCc1ccccc1Cl. The highest BCUT2D eigenvalue weighted by atomic mass is 35.5. The first-order valence-electron chi connectivity index (χ1n) is 12.2. The van der Waals surface area contributed by atoms with Crippen LogP contribution in [0.2, 0.25) is 5.02 Å². The molecule has 0 fully saturated rings. The Labute approximate surface area is 231 Å². The number of aromatic nitrogens is 2. The lowest BCUT2D eigenvalue weighted by Crippen LogP contribution is -2.20. The molecule has 2 heterocycles. The van der Waals surface area contributed by atoms with E-state index in [-0.39, 0.29) is 29.4 Å². The van der Waals surface area contributed by atoms with Crippen molar-refractivity contribution in [3.8, 4) is 17.3 Å². The number of rotatable bonds is 7. The average molecular weight is 551 g/mol. The summed E-state index contributed by atoms with van der Waals surface area (Å²) in [7, 11) is 0. The number of nitro groups is 1. The van der Waals surface area contributed by atoms with Crippen LogP contribution in [0.5, 0.6) is 5.75 Å². The van der Waals surface area contributed by atoms with E-state index in [1.165, 1.54) is 18.3 Å². The Morgan fingerprint density at radius 1 is 1.00 bits per heavy atom. The van der Waals surface area contributed by atoms with Crippen LogP contribution in [0.1, 0.15) is 11.1 Å². The summed E-state index contributed by atoms with van der Waals surface area (Å²) in [6.45, 7) is -0.00687. The molecule has 0 unspecified atom stereocenters. The zero-order chi connectivity index (χ0) is 27.6. The Hall–Kier alpha value is -5.28. The van der Waals surface area contributed by atoms with Crippen LogP contribution in [-0.2, 0) is 6.61 Å². The first-order valence-corrected chi connectivity index (χ1v) is 12.6. The maximum absolute atomic E-state index is 13.6. The third kappa shape index (κ3) is 4.70. The molecule has 0 radical (unpaired) electrons. The molecule has 2 aromatic heterocycles. The van der Waals surface area contributed by atoms with Gasteiger partial charge in [-0.15, -0.1) is 0 Å². The van der Waals surface area contributed by atoms with Crippen molar-refractivity contribution in [3.63, 3.8) is 0 Å². The van der Waals surface area contributed by atoms with Gasteiger partial charge in [0.15, 0.2) is 5.76 Å². The number of hydrogen-bond acceptors (Lipinski definition) is 7. The van der Waals surface area contributed by atoms with Gasteiger partial charge < -0.3 is 9.15 Å². The maximum atomic E-state index is 13.6. The van der Waals surface area contributed by atoms with E-state index >= 15 is 0 Å². The van der Waals surface area contributed by atoms with Crippen LogP contribution in [0, 0.1) is 10.1 Å². The van der Waals surface area contributed by atoms with E-state index in [4.69, 9.17) is 20.8 Å². The van der Waals surface area contributed by atoms with E-state index in [0.29, 0.717) is 32.8 Å². The summed E-state index contributed by atoms with van der Waals surface area (Å²) in [6.07, 6.45) is 1.33. The second kappa shape index (κ2) is 10.5. The van der Waals surface area contributed by atoms with Crippen LogP contribution in [0.15, 0.2) is 111 Å². The van der Waals surface area contributed by atoms with Gasteiger partial charge in [0.05, 0.1) is 22.0 Å². The highest BCUT2D eigenvalue weighted by Crippen LogP contribution is 2.32. The zero-order valence-corrected chi connectivity index (χ0v) is 21.5. The third-order valence-corrected chi connectivity index (χ3v) is 6.63. The Morgan fingerprint density at radius 2 is 1.77 bits per heavy atom. The molecule has 6 rings (SSSR count). The van der Waals surface area contributed by atoms with Crippen molar-refractivity contribution in [1.29, 1.82) is 0 Å². The fourth-order valence-electron chi connectivity index (χ4n) is 4.31. The summed E-state index contributed by atoms with van der Waals surface area (Å²) in [5, 5.41) is 17.9. The highest BCUT2D eigenvalue weighted by molar-refractivity contribution is 6.31. The zero-order valence-electron chi connectivity index (χ0n) is 20.7. The lowest BCUT2D eigenvalue weighted by molar-refractivity contribution is -0.385. The van der Waals surface area contributed by atoms with Gasteiger partial charge in [0.2, 0.25) is 11.6 Å². The minimum absolute atomic E-state index is 0.00687. The predicted octanol–water partition coefficient (Wildman–Crippen LogP) is 6.83. The van der Waals surface area contributed by atoms with Crippen LogP contribution >= 0.6 is 11.6 Å². The van der Waals surface area contributed by atoms with E-state index in [1.54, 1.807) is 60.7 Å². The standard InChI is InChI=1S/C30H19ClN4O5/c31-23-12-4-1-9-21(23)18-39-28-20(10-7-14-25(28)35(37)38)17-32-34-29(27-16-19-8-2-6-15-26(19)40-27)33-24-13-5-3-11-22(24)30(34)36/h1-17H,18H2. The maximum Gasteiger partial charge on any atom is 0.311 e. The summed E-state index contributed by atoms with van der Waals surface area (Å²) in [5.41, 5.74) is 1.38. The summed E-state index contributed by atoms with van der Waals surface area (Å²) in [4.78, 5) is 29.5. The molecule has 0 bridgehead atoms. The topological polar surface area (TPSA) is 113 Å². The summed E-state index contributed by atoms with van der Waals surface area (Å²) >= 11 is 6.25. The van der Waals surface area contributed by atoms with E-state index < -0.39 is 10.5 Å². The van der Waals surface area contributed by atoms with Crippen molar-refractivity contribution >= 4 is 45.4 Å². The molecule has 6 aromatic rings. The predicted molar refractivity (Wildman–Crippen MR) is 153 cm³/mol. The van der Waals surface area contributed by atoms with Crippen LogP contribution < -0.4 is 10.3 Å². The molecule has 4 aromatic carbocycles. The fraction of sp³-hybridized carbons (Fsp3) is 0.0333. The molecule has 0 aliphatic heterocycles. The van der Waals surface area contributed by atoms with Gasteiger partial charge in [0.25, 0.3) is 5.56 Å². The molecule has 40 heavy (non-hydrogen) atoms. The monoisotopic (exact) mass is 550 g/mol. The van der Waals surface area contributed by atoms with E-state index in [9.17, 15) is 14.9 Å². The van der Waals surface area contributed by atoms with Gasteiger partial charge in [0.1, 0.15) is 12.2 Å². The minimum atomic E-state index is -0.539. The molecule has 0 amide bonds. The lowest BCUT2D eigenvalue weighted by Gasteiger charge is -2.11. The van der Waals surface area contributed by atoms with Gasteiger partial charge in [0, 0.05) is 27.6 Å². The van der Waals surface area contributed by atoms with Gasteiger partial charge in [-0.25, -0.2) is 4.98 Å². The number of halogens is 1. The van der Waals surface area contributed by atoms with Crippen molar-refractivity contribution in [1.82, 2.24) is 9.66 Å². The quantitative estimate of drug-likeness (QED) is 0.122. The first kappa shape index (κ1) is 25.0. The van der Waals surface area contributed by atoms with E-state index in [2.05, 4.69) is 10.1 Å². The van der Waals surface area contributed by atoms with Crippen molar-refractivity contribution in [2.24, 2.45) is 5.10 Å². The van der Waals surface area contributed by atoms with Gasteiger partial charge in [-0.05, 0) is 36.4 Å². The van der Waals surface area contributed by atoms with Crippen molar-refractivity contribution < 1.29 is 14.1 Å². The number of para-hydroxylation sites is 3. The molecule has 0 atom stereocenters. The molecule has 10 heteroatoms. The highest BCUT2D eigenvalue weighted by Gasteiger charge is 2.20. The van der Waals surface area contributed by atoms with Gasteiger partial charge >= 0.3 is 5.69 Å². The van der Waals surface area contributed by atoms with Crippen LogP contribution in [0.25, 0.3) is 33.5 Å². The largest absolute Gasteiger partial charge is 0.481 e. The fourth-order valence-corrected chi connectivity index (χ4v) is 4.50. The normalized spacial score (nSPS) is 11.4. The molecule has 0 saturated carbocycles. The molecule has 0 aliphatic carbocycles. The Bertz CT molecular complexity index is 1960. The first-order chi connectivity index (χ1) is 19.5. The minimum Gasteiger partial charge on any atom is -0.481 e. The summed E-state index contributed by atoms with van der Waals surface area (Å²) in [6, 6.07) is 27.7.